The molecule has 5 rings (SSSR count). The largest absolute Gasteiger partial charge is 1.00 e. The fraction of sp³-hybridized carbons (Fsp3) is 0.0370. The van der Waals surface area contributed by atoms with Crippen LogP contribution < -0.4 is 27.1 Å². The average molecular weight is 472 g/mol. The Bertz CT molecular complexity index is 1280. The molecule has 0 radical (unpaired) electrons. The summed E-state index contributed by atoms with van der Waals surface area (Å²) in [6.45, 7) is 0.551. The number of aromatic nitrogens is 2. The monoisotopic (exact) mass is 471 g/mol. The molecule has 4 aromatic carbocycles. The molecule has 0 saturated carbocycles. The molecule has 0 fully saturated rings. The van der Waals surface area contributed by atoms with Gasteiger partial charge in [0, 0.05) is 22.9 Å². The van der Waals surface area contributed by atoms with Gasteiger partial charge in [0.25, 0.3) is 5.13 Å². The summed E-state index contributed by atoms with van der Waals surface area (Å²) >= 11 is 1.62. The Morgan fingerprint density at radius 3 is 2.00 bits per heavy atom. The molecule has 33 heavy (non-hydrogen) atoms. The Labute approximate surface area is 203 Å². The number of ether oxygens (including phenoxy) is 1. The molecule has 1 N–H and O–H groups in total. The van der Waals surface area contributed by atoms with Gasteiger partial charge in [-0.3, -0.25) is 0 Å². The second-order valence-electron chi connectivity index (χ2n) is 7.25. The standard InChI is InChI=1S/C27H22N3OS.ClH/c1-4-10-21(11-5-1)20-31-25-18-16-22(17-19-25)26-30(24-14-8-3-9-15-24)29-27(32-26)28-23-12-6-2-7-13-23;/h1-19H,20H2,(H,28,29);1H/q+1;/p-1. The number of nitrogens with zero attached hydrogens (tertiary/aromatic N) is 2. The van der Waals surface area contributed by atoms with Crippen LogP contribution in [0.4, 0.5) is 10.8 Å². The maximum absolute atomic E-state index is 5.95. The maximum atomic E-state index is 5.95. The Kier molecular flexibility index (Phi) is 7.35. The van der Waals surface area contributed by atoms with Crippen molar-refractivity contribution in [2.75, 3.05) is 5.32 Å². The van der Waals surface area contributed by atoms with Crippen molar-refractivity contribution in [3.8, 4) is 22.0 Å². The second-order valence-corrected chi connectivity index (χ2v) is 8.23. The highest BCUT2D eigenvalue weighted by Gasteiger charge is 2.24. The minimum Gasteiger partial charge on any atom is -1.00 e. The molecule has 164 valence electrons. The lowest BCUT2D eigenvalue weighted by molar-refractivity contribution is -0.642. The van der Waals surface area contributed by atoms with Gasteiger partial charge >= 0.3 is 5.01 Å². The topological polar surface area (TPSA) is 38.0 Å². The van der Waals surface area contributed by atoms with E-state index in [9.17, 15) is 0 Å². The molecule has 0 saturated heterocycles. The van der Waals surface area contributed by atoms with Crippen LogP contribution in [0.3, 0.4) is 0 Å². The van der Waals surface area contributed by atoms with E-state index in [0.29, 0.717) is 6.61 Å². The first-order chi connectivity index (χ1) is 15.8. The summed E-state index contributed by atoms with van der Waals surface area (Å²) in [5.41, 5.74) is 4.26. The number of halogens is 1. The summed E-state index contributed by atoms with van der Waals surface area (Å²) in [6, 6.07) is 38.7. The summed E-state index contributed by atoms with van der Waals surface area (Å²) in [4.78, 5) is 0. The average Bonchev–Trinajstić information content (AvgIpc) is 3.28. The maximum Gasteiger partial charge on any atom is 0.304 e. The summed E-state index contributed by atoms with van der Waals surface area (Å²) in [7, 11) is 0. The minimum absolute atomic E-state index is 0. The smallest absolute Gasteiger partial charge is 0.304 e. The molecular weight excluding hydrogens is 450 g/mol. The summed E-state index contributed by atoms with van der Waals surface area (Å²) < 4.78 is 7.93. The molecular formula is C27H22ClN3OS. The lowest BCUT2D eigenvalue weighted by Gasteiger charge is -2.06. The van der Waals surface area contributed by atoms with Gasteiger partial charge in [0.2, 0.25) is 5.69 Å². The molecule has 0 bridgehead atoms. The van der Waals surface area contributed by atoms with Crippen LogP contribution >= 0.6 is 11.3 Å². The zero-order chi connectivity index (χ0) is 21.6. The van der Waals surface area contributed by atoms with Crippen LogP contribution in [0.1, 0.15) is 5.56 Å². The first-order valence-electron chi connectivity index (χ1n) is 10.4. The molecule has 5 aromatic rings. The van der Waals surface area contributed by atoms with Crippen molar-refractivity contribution >= 4 is 22.2 Å². The lowest BCUT2D eigenvalue weighted by Crippen LogP contribution is -3.00. The van der Waals surface area contributed by atoms with Crippen molar-refractivity contribution < 1.29 is 21.8 Å². The first-order valence-corrected chi connectivity index (χ1v) is 11.2. The van der Waals surface area contributed by atoms with E-state index in [4.69, 9.17) is 9.84 Å². The summed E-state index contributed by atoms with van der Waals surface area (Å²) in [5.74, 6) is 0.844. The van der Waals surface area contributed by atoms with E-state index < -0.39 is 0 Å². The predicted molar refractivity (Wildman–Crippen MR) is 130 cm³/mol. The van der Waals surface area contributed by atoms with Crippen LogP contribution in [-0.2, 0) is 6.61 Å². The molecule has 0 aliphatic heterocycles. The first kappa shape index (κ1) is 22.5. The van der Waals surface area contributed by atoms with E-state index in [1.165, 1.54) is 0 Å². The Balaban J connectivity index is 0.00000259. The highest BCUT2D eigenvalue weighted by atomic mass is 35.5. The molecule has 4 nitrogen and oxygen atoms in total. The third kappa shape index (κ3) is 5.58. The van der Waals surface area contributed by atoms with Crippen molar-refractivity contribution in [3.63, 3.8) is 0 Å². The van der Waals surface area contributed by atoms with Crippen molar-refractivity contribution in [2.24, 2.45) is 0 Å². The minimum atomic E-state index is 0. The van der Waals surface area contributed by atoms with Crippen LogP contribution in [-0.4, -0.2) is 5.10 Å². The zero-order valence-electron chi connectivity index (χ0n) is 17.8. The van der Waals surface area contributed by atoms with Crippen molar-refractivity contribution in [1.29, 1.82) is 0 Å². The van der Waals surface area contributed by atoms with Gasteiger partial charge in [-0.2, -0.15) is 0 Å². The Hall–Kier alpha value is -3.67. The quantitative estimate of drug-likeness (QED) is 0.370. The number of hydrogen-bond acceptors (Lipinski definition) is 4. The third-order valence-electron chi connectivity index (χ3n) is 4.95. The van der Waals surface area contributed by atoms with Crippen LogP contribution in [0.5, 0.6) is 5.75 Å². The fourth-order valence-corrected chi connectivity index (χ4v) is 4.31. The molecule has 0 unspecified atom stereocenters. The van der Waals surface area contributed by atoms with Crippen LogP contribution in [0.25, 0.3) is 16.3 Å². The predicted octanol–water partition coefficient (Wildman–Crippen LogP) is 3.41. The fourth-order valence-electron chi connectivity index (χ4n) is 3.35. The summed E-state index contributed by atoms with van der Waals surface area (Å²) in [6.07, 6.45) is 0. The molecule has 0 atom stereocenters. The van der Waals surface area contributed by atoms with Gasteiger partial charge in [0.05, 0.1) is 5.56 Å². The van der Waals surface area contributed by atoms with Gasteiger partial charge < -0.3 is 22.5 Å². The molecule has 1 heterocycles. The molecule has 1 aromatic heterocycles. The summed E-state index contributed by atoms with van der Waals surface area (Å²) in [5, 5.41) is 10.1. The van der Waals surface area contributed by atoms with Gasteiger partial charge in [-0.1, -0.05) is 66.7 Å². The van der Waals surface area contributed by atoms with Gasteiger partial charge in [0.15, 0.2) is 0 Å². The van der Waals surface area contributed by atoms with E-state index >= 15 is 0 Å². The van der Waals surface area contributed by atoms with E-state index in [1.54, 1.807) is 11.3 Å². The van der Waals surface area contributed by atoms with Gasteiger partial charge in [-0.25, -0.2) is 0 Å². The van der Waals surface area contributed by atoms with Crippen molar-refractivity contribution in [1.82, 2.24) is 5.10 Å². The molecule has 0 aliphatic carbocycles. The highest BCUT2D eigenvalue weighted by molar-refractivity contribution is 7.18. The van der Waals surface area contributed by atoms with Gasteiger partial charge in [-0.15, -0.1) is 0 Å². The normalized spacial score (nSPS) is 10.3. The number of nitrogens with one attached hydrogen (secondary N) is 1. The van der Waals surface area contributed by atoms with Gasteiger partial charge in [-0.05, 0) is 58.0 Å². The SMILES string of the molecule is [Cl-].c1ccc(COc2ccc(-c3sc(Nc4ccccc4)n[n+]3-c3ccccc3)cc2)cc1. The van der Waals surface area contributed by atoms with Crippen LogP contribution in [0, 0.1) is 0 Å². The lowest BCUT2D eigenvalue weighted by atomic mass is 10.2. The number of anilines is 2. The number of rotatable bonds is 7. The number of hydrogen-bond donors (Lipinski definition) is 1. The second kappa shape index (κ2) is 10.8. The molecule has 0 amide bonds. The van der Waals surface area contributed by atoms with E-state index in [0.717, 1.165) is 38.4 Å². The van der Waals surface area contributed by atoms with Crippen LogP contribution in [0.15, 0.2) is 115 Å². The van der Waals surface area contributed by atoms with E-state index in [1.807, 2.05) is 83.5 Å². The van der Waals surface area contributed by atoms with Crippen molar-refractivity contribution in [3.05, 3.63) is 121 Å². The van der Waals surface area contributed by atoms with Crippen LogP contribution in [0.2, 0.25) is 0 Å². The van der Waals surface area contributed by atoms with Gasteiger partial charge in [0.1, 0.15) is 12.4 Å². The molecule has 6 heteroatoms. The van der Waals surface area contributed by atoms with E-state index in [-0.39, 0.29) is 12.4 Å². The zero-order valence-corrected chi connectivity index (χ0v) is 19.3. The Morgan fingerprint density at radius 1 is 0.727 bits per heavy atom. The van der Waals surface area contributed by atoms with E-state index in [2.05, 4.69) is 41.7 Å². The molecule has 0 aliphatic rings. The number of para-hydroxylation sites is 2. The van der Waals surface area contributed by atoms with Crippen molar-refractivity contribution in [2.45, 2.75) is 6.61 Å². The number of benzene rings is 4. The Morgan fingerprint density at radius 2 is 1.33 bits per heavy atom. The highest BCUT2D eigenvalue weighted by Crippen LogP contribution is 2.29. The third-order valence-corrected chi connectivity index (χ3v) is 5.93. The molecule has 0 spiro atoms.